The first kappa shape index (κ1) is 47.5. The van der Waals surface area contributed by atoms with E-state index in [-0.39, 0.29) is 31.1 Å². The van der Waals surface area contributed by atoms with E-state index in [1.54, 1.807) is 52.1 Å². The number of carbonyl (C=O) groups excluding carboxylic acids is 5. The van der Waals surface area contributed by atoms with Gasteiger partial charge in [0, 0.05) is 34.0 Å². The monoisotopic (exact) mass is 834 g/mol. The first-order chi connectivity index (χ1) is 29.0. The first-order valence-electron chi connectivity index (χ1n) is 20.7. The van der Waals surface area contributed by atoms with Gasteiger partial charge in [0.1, 0.15) is 35.0 Å². The summed E-state index contributed by atoms with van der Waals surface area (Å²) in [4.78, 5) is 74.9. The Bertz CT molecular complexity index is 1960. The fourth-order valence-electron chi connectivity index (χ4n) is 7.51. The van der Waals surface area contributed by atoms with Gasteiger partial charge in [-0.05, 0) is 67.5 Å². The van der Waals surface area contributed by atoms with Gasteiger partial charge < -0.3 is 29.3 Å². The largest absolute Gasteiger partial charge is 0.497 e. The van der Waals surface area contributed by atoms with Crippen molar-refractivity contribution in [2.24, 2.45) is 5.92 Å². The van der Waals surface area contributed by atoms with E-state index in [1.165, 1.54) is 43.0 Å². The summed E-state index contributed by atoms with van der Waals surface area (Å²) in [5.74, 6) is -1.86. The molecular formula is C49H62N4O8. The lowest BCUT2D eigenvalue weighted by Gasteiger charge is -2.39. The fourth-order valence-corrected chi connectivity index (χ4v) is 7.51. The average molecular weight is 835 g/mol. The highest BCUT2D eigenvalue weighted by molar-refractivity contribution is 5.93. The van der Waals surface area contributed by atoms with E-state index in [9.17, 15) is 24.0 Å². The Kier molecular flexibility index (Phi) is 16.7. The van der Waals surface area contributed by atoms with Crippen molar-refractivity contribution in [3.8, 4) is 5.75 Å². The van der Waals surface area contributed by atoms with Crippen molar-refractivity contribution in [3.05, 3.63) is 138 Å². The molecule has 0 aromatic heterocycles. The maximum Gasteiger partial charge on any atom is 0.410 e. The van der Waals surface area contributed by atoms with Gasteiger partial charge in [-0.3, -0.25) is 19.3 Å². The van der Waals surface area contributed by atoms with E-state index in [0.29, 0.717) is 12.2 Å². The molecule has 12 heteroatoms. The lowest BCUT2D eigenvalue weighted by molar-refractivity contribution is -0.156. The quantitative estimate of drug-likeness (QED) is 0.0820. The van der Waals surface area contributed by atoms with Crippen molar-refractivity contribution in [2.75, 3.05) is 35.4 Å². The minimum Gasteiger partial charge on any atom is -0.497 e. The van der Waals surface area contributed by atoms with Crippen LogP contribution in [0.3, 0.4) is 0 Å². The highest BCUT2D eigenvalue weighted by Crippen LogP contribution is 2.37. The molecule has 4 aromatic carbocycles. The molecule has 61 heavy (non-hydrogen) atoms. The second kappa shape index (κ2) is 21.4. The third-order valence-electron chi connectivity index (χ3n) is 11.1. The van der Waals surface area contributed by atoms with Gasteiger partial charge in [0.25, 0.3) is 0 Å². The number of hydrogen-bond acceptors (Lipinski definition) is 8. The molecule has 12 nitrogen and oxygen atoms in total. The third kappa shape index (κ3) is 11.8. The molecule has 0 unspecified atom stereocenters. The van der Waals surface area contributed by atoms with Crippen LogP contribution in [0.1, 0.15) is 76.1 Å². The number of rotatable bonds is 18. The number of benzene rings is 4. The Balaban J connectivity index is 1.77. The van der Waals surface area contributed by atoms with Crippen molar-refractivity contribution in [1.29, 1.82) is 0 Å². The molecule has 1 N–H and O–H groups in total. The molecule has 4 amide bonds. The zero-order valence-corrected chi connectivity index (χ0v) is 37.2. The number of nitrogens with zero attached hydrogens (tertiary/aromatic N) is 3. The Hall–Kier alpha value is -6.17. The summed E-state index contributed by atoms with van der Waals surface area (Å²) in [6.07, 6.45) is -0.360. The summed E-state index contributed by atoms with van der Waals surface area (Å²) in [6, 6.07) is 32.7. The number of nitrogens with one attached hydrogen (secondary N) is 1. The minimum atomic E-state index is -1.25. The smallest absolute Gasteiger partial charge is 0.410 e. The summed E-state index contributed by atoms with van der Waals surface area (Å²) in [7, 11) is 7.29. The molecule has 326 valence electrons. The van der Waals surface area contributed by atoms with Gasteiger partial charge in [0.05, 0.1) is 14.2 Å². The predicted molar refractivity (Wildman–Crippen MR) is 236 cm³/mol. The molecule has 0 saturated carbocycles. The molecule has 0 aliphatic carbocycles. The van der Waals surface area contributed by atoms with Crippen LogP contribution < -0.4 is 10.1 Å². The molecule has 0 aliphatic heterocycles. The number of ether oxygens (including phenoxy) is 3. The van der Waals surface area contributed by atoms with Crippen molar-refractivity contribution < 1.29 is 38.2 Å². The van der Waals surface area contributed by atoms with Gasteiger partial charge in [-0.15, -0.1) is 0 Å². The van der Waals surface area contributed by atoms with Gasteiger partial charge in [-0.1, -0.05) is 123 Å². The Morgan fingerprint density at radius 3 is 1.56 bits per heavy atom. The van der Waals surface area contributed by atoms with Gasteiger partial charge in [-0.2, -0.15) is 0 Å². The summed E-state index contributed by atoms with van der Waals surface area (Å²) in [5, 5.41) is 3.35. The minimum absolute atomic E-state index is 0.106. The summed E-state index contributed by atoms with van der Waals surface area (Å²) in [6.45, 7) is 8.99. The number of carbonyl (C=O) groups is 5. The molecule has 0 fully saturated rings. The molecule has 0 saturated heterocycles. The molecule has 4 rings (SSSR count). The third-order valence-corrected chi connectivity index (χ3v) is 11.1. The van der Waals surface area contributed by atoms with Crippen LogP contribution in [0.2, 0.25) is 0 Å². The summed E-state index contributed by atoms with van der Waals surface area (Å²) >= 11 is 0. The SMILES string of the molecule is CC[C@H](C)[C@@H](C(=O)N(C)[C@@H](CCC(=O)NC(c1ccccc1)(c1ccccc1)c1ccccc1)C(=O)N(C)[C@@H](Cc1ccc(OC)cc1)C(=O)OC)N(C)C(=O)OC(C)(C)C. The van der Waals surface area contributed by atoms with Crippen LogP contribution in [-0.2, 0) is 40.6 Å². The van der Waals surface area contributed by atoms with E-state index in [4.69, 9.17) is 14.2 Å². The zero-order valence-electron chi connectivity index (χ0n) is 37.2. The molecule has 0 spiro atoms. The van der Waals surface area contributed by atoms with Crippen molar-refractivity contribution in [1.82, 2.24) is 20.0 Å². The second-order valence-corrected chi connectivity index (χ2v) is 16.4. The van der Waals surface area contributed by atoms with E-state index in [2.05, 4.69) is 5.32 Å². The predicted octanol–water partition coefficient (Wildman–Crippen LogP) is 7.23. The average Bonchev–Trinajstić information content (AvgIpc) is 3.27. The van der Waals surface area contributed by atoms with Gasteiger partial charge in [0.2, 0.25) is 17.7 Å². The normalized spacial score (nSPS) is 13.4. The van der Waals surface area contributed by atoms with Gasteiger partial charge >= 0.3 is 12.1 Å². The van der Waals surface area contributed by atoms with E-state index < -0.39 is 53.1 Å². The van der Waals surface area contributed by atoms with Gasteiger partial charge in [0.15, 0.2) is 0 Å². The standard InChI is InChI=1S/C49H62N4O8/c1-11-34(2)43(53(8)47(58)61-48(3,4)5)45(56)51(6)40(44(55)52(7)41(46(57)60-10)33-35-27-29-39(59-9)30-28-35)31-32-42(54)50-49(36-21-15-12-16-22-36,37-23-17-13-18-24-37)38-25-19-14-20-26-38/h12-30,34,40-41,43H,11,31-33H2,1-10H3,(H,50,54)/t34-,40-,41-,43-/m0/s1. The highest BCUT2D eigenvalue weighted by Gasteiger charge is 2.42. The molecule has 0 bridgehead atoms. The van der Waals surface area contributed by atoms with Crippen LogP contribution in [0.15, 0.2) is 115 Å². The second-order valence-electron chi connectivity index (χ2n) is 16.4. The van der Waals surface area contributed by atoms with E-state index >= 15 is 0 Å². The van der Waals surface area contributed by atoms with Crippen LogP contribution in [-0.4, -0.2) is 104 Å². The van der Waals surface area contributed by atoms with Crippen LogP contribution in [0.25, 0.3) is 0 Å². The van der Waals surface area contributed by atoms with E-state index in [1.807, 2.05) is 105 Å². The maximum absolute atomic E-state index is 14.9. The molecule has 0 heterocycles. The Morgan fingerprint density at radius 2 is 1.13 bits per heavy atom. The number of esters is 1. The fraction of sp³-hybridized carbons (Fsp3) is 0.408. The number of hydrogen-bond donors (Lipinski definition) is 1. The Labute approximate surface area is 361 Å². The topological polar surface area (TPSA) is 135 Å². The van der Waals surface area contributed by atoms with Crippen molar-refractivity contribution in [2.45, 2.75) is 89.6 Å². The summed E-state index contributed by atoms with van der Waals surface area (Å²) < 4.78 is 16.1. The number of methoxy groups -OCH3 is 2. The zero-order chi connectivity index (χ0) is 44.9. The molecule has 4 atom stereocenters. The van der Waals surface area contributed by atoms with Crippen molar-refractivity contribution in [3.63, 3.8) is 0 Å². The first-order valence-corrected chi connectivity index (χ1v) is 20.7. The molecule has 4 aromatic rings. The highest BCUT2D eigenvalue weighted by atomic mass is 16.6. The lowest BCUT2D eigenvalue weighted by atomic mass is 9.77. The lowest BCUT2D eigenvalue weighted by Crippen LogP contribution is -2.58. The van der Waals surface area contributed by atoms with Crippen LogP contribution in [0.5, 0.6) is 5.75 Å². The van der Waals surface area contributed by atoms with Crippen LogP contribution in [0.4, 0.5) is 4.79 Å². The van der Waals surface area contributed by atoms with Gasteiger partial charge in [-0.25, -0.2) is 9.59 Å². The summed E-state index contributed by atoms with van der Waals surface area (Å²) in [5.41, 5.74) is 1.26. The van der Waals surface area contributed by atoms with Crippen LogP contribution in [0, 0.1) is 5.92 Å². The van der Waals surface area contributed by atoms with Crippen LogP contribution >= 0.6 is 0 Å². The maximum atomic E-state index is 14.9. The number of likely N-dealkylation sites (N-methyl/N-ethyl adjacent to an activating group) is 3. The number of amides is 4. The molecule has 0 aliphatic rings. The molecular weight excluding hydrogens is 773 g/mol. The van der Waals surface area contributed by atoms with Crippen molar-refractivity contribution >= 4 is 29.8 Å². The Morgan fingerprint density at radius 1 is 0.656 bits per heavy atom. The van der Waals surface area contributed by atoms with E-state index in [0.717, 1.165) is 22.3 Å². The molecule has 0 radical (unpaired) electrons.